The maximum absolute atomic E-state index is 6.01. The summed E-state index contributed by atoms with van der Waals surface area (Å²) in [6.45, 7) is 7.24. The Hall–Kier alpha value is -0.0800. The second-order valence-electron chi connectivity index (χ2n) is 4.47. The van der Waals surface area contributed by atoms with Crippen LogP contribution in [0, 0.1) is 5.92 Å². The van der Waals surface area contributed by atoms with E-state index >= 15 is 0 Å². The van der Waals surface area contributed by atoms with Gasteiger partial charge in [-0.05, 0) is 45.4 Å². The summed E-state index contributed by atoms with van der Waals surface area (Å²) in [5.41, 5.74) is 6.00. The molecule has 0 aromatic carbocycles. The first-order chi connectivity index (χ1) is 6.10. The van der Waals surface area contributed by atoms with Gasteiger partial charge in [0.2, 0.25) is 0 Å². The average Bonchev–Trinajstić information content (AvgIpc) is 2.09. The smallest absolute Gasteiger partial charge is 0.0829 e. The highest BCUT2D eigenvalue weighted by atomic mass is 16.5. The van der Waals surface area contributed by atoms with Crippen molar-refractivity contribution in [1.29, 1.82) is 0 Å². The highest BCUT2D eigenvalue weighted by Gasteiger charge is 2.37. The SMILES string of the molecule is CCOC1([C@@H](C)N)CCC(C)CC1. The topological polar surface area (TPSA) is 35.2 Å². The predicted octanol–water partition coefficient (Wildman–Crippen LogP) is 2.32. The first-order valence-corrected chi connectivity index (χ1v) is 5.50. The Morgan fingerprint density at radius 3 is 2.38 bits per heavy atom. The van der Waals surface area contributed by atoms with Gasteiger partial charge in [0.15, 0.2) is 0 Å². The average molecular weight is 185 g/mol. The van der Waals surface area contributed by atoms with E-state index in [4.69, 9.17) is 10.5 Å². The van der Waals surface area contributed by atoms with Crippen LogP contribution in [0.25, 0.3) is 0 Å². The van der Waals surface area contributed by atoms with Crippen LogP contribution in [0.15, 0.2) is 0 Å². The third-order valence-electron chi connectivity index (χ3n) is 3.38. The zero-order chi connectivity index (χ0) is 9.90. The van der Waals surface area contributed by atoms with Crippen molar-refractivity contribution in [3.63, 3.8) is 0 Å². The maximum atomic E-state index is 6.01. The van der Waals surface area contributed by atoms with E-state index in [2.05, 4.69) is 20.8 Å². The molecule has 1 aliphatic rings. The lowest BCUT2D eigenvalue weighted by atomic mass is 9.76. The van der Waals surface area contributed by atoms with Gasteiger partial charge >= 0.3 is 0 Å². The van der Waals surface area contributed by atoms with Crippen molar-refractivity contribution in [3.8, 4) is 0 Å². The first kappa shape index (κ1) is 11.0. The summed E-state index contributed by atoms with van der Waals surface area (Å²) in [6.07, 6.45) is 4.81. The molecule has 2 nitrogen and oxygen atoms in total. The van der Waals surface area contributed by atoms with Gasteiger partial charge in [-0.2, -0.15) is 0 Å². The number of ether oxygens (including phenoxy) is 1. The van der Waals surface area contributed by atoms with Gasteiger partial charge in [0.1, 0.15) is 0 Å². The van der Waals surface area contributed by atoms with E-state index < -0.39 is 0 Å². The molecule has 78 valence electrons. The molecule has 1 fully saturated rings. The van der Waals surface area contributed by atoms with Gasteiger partial charge in [-0.15, -0.1) is 0 Å². The summed E-state index contributed by atoms with van der Waals surface area (Å²) in [5.74, 6) is 0.854. The molecule has 0 spiro atoms. The zero-order valence-electron chi connectivity index (χ0n) is 9.18. The van der Waals surface area contributed by atoms with Gasteiger partial charge in [0.05, 0.1) is 5.60 Å². The van der Waals surface area contributed by atoms with Gasteiger partial charge in [-0.1, -0.05) is 6.92 Å². The van der Waals surface area contributed by atoms with Crippen LogP contribution in [0.5, 0.6) is 0 Å². The zero-order valence-corrected chi connectivity index (χ0v) is 9.18. The molecular formula is C11H23NO. The quantitative estimate of drug-likeness (QED) is 0.732. The van der Waals surface area contributed by atoms with E-state index in [9.17, 15) is 0 Å². The molecule has 13 heavy (non-hydrogen) atoms. The van der Waals surface area contributed by atoms with Gasteiger partial charge in [-0.3, -0.25) is 0 Å². The Labute approximate surface area is 81.8 Å². The van der Waals surface area contributed by atoms with Gasteiger partial charge in [0.25, 0.3) is 0 Å². The van der Waals surface area contributed by atoms with Crippen molar-refractivity contribution in [3.05, 3.63) is 0 Å². The summed E-state index contributed by atoms with van der Waals surface area (Å²) in [6, 6.07) is 0.167. The Kier molecular flexibility index (Phi) is 3.74. The van der Waals surface area contributed by atoms with Crippen LogP contribution >= 0.6 is 0 Å². The van der Waals surface area contributed by atoms with Crippen LogP contribution in [-0.4, -0.2) is 18.2 Å². The maximum Gasteiger partial charge on any atom is 0.0829 e. The van der Waals surface area contributed by atoms with Gasteiger partial charge in [0, 0.05) is 12.6 Å². The first-order valence-electron chi connectivity index (χ1n) is 5.50. The van der Waals surface area contributed by atoms with Crippen LogP contribution in [0.4, 0.5) is 0 Å². The monoisotopic (exact) mass is 185 g/mol. The number of rotatable bonds is 3. The van der Waals surface area contributed by atoms with Gasteiger partial charge in [-0.25, -0.2) is 0 Å². The van der Waals surface area contributed by atoms with Crippen molar-refractivity contribution in [2.75, 3.05) is 6.61 Å². The fraction of sp³-hybridized carbons (Fsp3) is 1.00. The second-order valence-corrected chi connectivity index (χ2v) is 4.47. The van der Waals surface area contributed by atoms with Crippen molar-refractivity contribution < 1.29 is 4.74 Å². The molecule has 1 atom stereocenters. The molecule has 1 aliphatic carbocycles. The normalized spacial score (nSPS) is 37.4. The molecule has 2 heteroatoms. The van der Waals surface area contributed by atoms with E-state index in [-0.39, 0.29) is 11.6 Å². The summed E-state index contributed by atoms with van der Waals surface area (Å²) < 4.78 is 5.86. The van der Waals surface area contributed by atoms with E-state index in [0.29, 0.717) is 0 Å². The number of hydrogen-bond acceptors (Lipinski definition) is 2. The lowest BCUT2D eigenvalue weighted by Crippen LogP contribution is -2.50. The minimum absolute atomic E-state index is 0.0126. The van der Waals surface area contributed by atoms with E-state index in [1.807, 2.05) is 0 Å². The molecule has 0 unspecified atom stereocenters. The Balaban J connectivity index is 2.58. The largest absolute Gasteiger partial charge is 0.374 e. The molecule has 0 aromatic heterocycles. The van der Waals surface area contributed by atoms with E-state index in [1.165, 1.54) is 12.8 Å². The molecule has 0 aromatic rings. The molecular weight excluding hydrogens is 162 g/mol. The molecule has 0 aliphatic heterocycles. The van der Waals surface area contributed by atoms with Crippen LogP contribution in [0.3, 0.4) is 0 Å². The fourth-order valence-electron chi connectivity index (χ4n) is 2.27. The minimum atomic E-state index is -0.0126. The third-order valence-corrected chi connectivity index (χ3v) is 3.38. The predicted molar refractivity (Wildman–Crippen MR) is 55.6 cm³/mol. The minimum Gasteiger partial charge on any atom is -0.374 e. The highest BCUT2D eigenvalue weighted by Crippen LogP contribution is 2.36. The van der Waals surface area contributed by atoms with Gasteiger partial charge < -0.3 is 10.5 Å². The molecule has 0 amide bonds. The molecule has 1 saturated carbocycles. The van der Waals surface area contributed by atoms with Crippen LogP contribution in [0.1, 0.15) is 46.5 Å². The summed E-state index contributed by atoms with van der Waals surface area (Å²) in [5, 5.41) is 0. The Bertz CT molecular complexity index is 148. The molecule has 0 radical (unpaired) electrons. The molecule has 0 heterocycles. The highest BCUT2D eigenvalue weighted by molar-refractivity contribution is 4.92. The fourth-order valence-corrected chi connectivity index (χ4v) is 2.27. The second kappa shape index (κ2) is 4.43. The number of hydrogen-bond donors (Lipinski definition) is 1. The number of nitrogens with two attached hydrogens (primary N) is 1. The Morgan fingerprint density at radius 2 is 2.00 bits per heavy atom. The molecule has 0 bridgehead atoms. The summed E-state index contributed by atoms with van der Waals surface area (Å²) >= 11 is 0. The summed E-state index contributed by atoms with van der Waals surface area (Å²) in [4.78, 5) is 0. The van der Waals surface area contributed by atoms with Crippen LogP contribution < -0.4 is 5.73 Å². The van der Waals surface area contributed by atoms with E-state index in [0.717, 1.165) is 25.4 Å². The summed E-state index contributed by atoms with van der Waals surface area (Å²) in [7, 11) is 0. The molecule has 1 rings (SSSR count). The third kappa shape index (κ3) is 2.44. The van der Waals surface area contributed by atoms with Crippen LogP contribution in [-0.2, 0) is 4.74 Å². The van der Waals surface area contributed by atoms with Crippen molar-refractivity contribution >= 4 is 0 Å². The Morgan fingerprint density at radius 1 is 1.46 bits per heavy atom. The van der Waals surface area contributed by atoms with E-state index in [1.54, 1.807) is 0 Å². The van der Waals surface area contributed by atoms with Crippen molar-refractivity contribution in [1.82, 2.24) is 0 Å². The molecule has 2 N–H and O–H groups in total. The standard InChI is InChI=1S/C11H23NO/c1-4-13-11(10(3)12)7-5-9(2)6-8-11/h9-10H,4-8,12H2,1-3H3/t9?,10-,11?/m1/s1. The lowest BCUT2D eigenvalue weighted by molar-refractivity contribution is -0.0849. The lowest BCUT2D eigenvalue weighted by Gasteiger charge is -2.42. The van der Waals surface area contributed by atoms with Crippen molar-refractivity contribution in [2.24, 2.45) is 11.7 Å². The van der Waals surface area contributed by atoms with Crippen LogP contribution in [0.2, 0.25) is 0 Å². The molecule has 0 saturated heterocycles. The van der Waals surface area contributed by atoms with Crippen molar-refractivity contribution in [2.45, 2.75) is 58.1 Å².